The van der Waals surface area contributed by atoms with E-state index in [4.69, 9.17) is 5.11 Å². The second-order valence-electron chi connectivity index (χ2n) is 4.71. The van der Waals surface area contributed by atoms with Crippen LogP contribution in [0.1, 0.15) is 36.7 Å². The Morgan fingerprint density at radius 3 is 3.06 bits per heavy atom. The Labute approximate surface area is 100 Å². The summed E-state index contributed by atoms with van der Waals surface area (Å²) in [5.74, 6) is -0.117. The van der Waals surface area contributed by atoms with E-state index in [1.807, 2.05) is 0 Å². The molecule has 1 atom stereocenters. The number of rotatable bonds is 7. The maximum atomic E-state index is 10.6. The lowest BCUT2D eigenvalue weighted by molar-refractivity contribution is 0.0690. The molecular weight excluding hydrogens is 220 g/mol. The molecule has 0 bridgehead atoms. The van der Waals surface area contributed by atoms with Gasteiger partial charge in [0.15, 0.2) is 5.69 Å². The number of nitrogens with zero attached hydrogens (tertiary/aromatic N) is 3. The monoisotopic (exact) mass is 238 g/mol. The van der Waals surface area contributed by atoms with Crippen molar-refractivity contribution in [2.45, 2.75) is 38.8 Å². The average Bonchev–Trinajstić information content (AvgIpc) is 2.94. The third-order valence-electron chi connectivity index (χ3n) is 2.98. The van der Waals surface area contributed by atoms with E-state index in [-0.39, 0.29) is 5.69 Å². The summed E-state index contributed by atoms with van der Waals surface area (Å²) in [6.45, 7) is 3.62. The highest BCUT2D eigenvalue weighted by Crippen LogP contribution is 2.33. The Bertz CT molecular complexity index is 387. The zero-order valence-corrected chi connectivity index (χ0v) is 9.96. The summed E-state index contributed by atoms with van der Waals surface area (Å²) >= 11 is 0. The van der Waals surface area contributed by atoms with Gasteiger partial charge in [-0.15, -0.1) is 5.10 Å². The number of aromatic carboxylic acids is 1. The molecule has 1 unspecified atom stereocenters. The molecule has 0 radical (unpaired) electrons. The van der Waals surface area contributed by atoms with Gasteiger partial charge in [0.1, 0.15) is 0 Å². The molecule has 0 aromatic carbocycles. The molecule has 6 heteroatoms. The van der Waals surface area contributed by atoms with Gasteiger partial charge in [-0.25, -0.2) is 4.79 Å². The molecule has 1 aliphatic rings. The van der Waals surface area contributed by atoms with Crippen LogP contribution in [0.25, 0.3) is 0 Å². The molecule has 94 valence electrons. The first-order valence-corrected chi connectivity index (χ1v) is 6.02. The maximum absolute atomic E-state index is 10.6. The van der Waals surface area contributed by atoms with E-state index in [1.54, 1.807) is 4.68 Å². The van der Waals surface area contributed by atoms with Crippen LogP contribution < -0.4 is 5.32 Å². The first-order chi connectivity index (χ1) is 8.15. The smallest absolute Gasteiger partial charge is 0.358 e. The van der Waals surface area contributed by atoms with Crippen LogP contribution in [0.4, 0.5) is 0 Å². The van der Waals surface area contributed by atoms with E-state index in [1.165, 1.54) is 25.5 Å². The van der Waals surface area contributed by atoms with E-state index in [2.05, 4.69) is 22.6 Å². The van der Waals surface area contributed by atoms with Gasteiger partial charge in [-0.1, -0.05) is 18.1 Å². The van der Waals surface area contributed by atoms with Crippen molar-refractivity contribution in [2.75, 3.05) is 6.54 Å². The molecule has 6 nitrogen and oxygen atoms in total. The molecular formula is C11H18N4O2. The fourth-order valence-electron chi connectivity index (χ4n) is 1.87. The molecule has 1 saturated carbocycles. The fraction of sp³-hybridized carbons (Fsp3) is 0.727. The van der Waals surface area contributed by atoms with Crippen molar-refractivity contribution in [1.29, 1.82) is 0 Å². The molecule has 1 aromatic rings. The predicted molar refractivity (Wildman–Crippen MR) is 61.8 cm³/mol. The largest absolute Gasteiger partial charge is 0.476 e. The molecule has 0 spiro atoms. The number of hydrogen-bond acceptors (Lipinski definition) is 4. The Morgan fingerprint density at radius 2 is 2.47 bits per heavy atom. The van der Waals surface area contributed by atoms with Crippen LogP contribution in [0, 0.1) is 5.92 Å². The molecule has 1 fully saturated rings. The van der Waals surface area contributed by atoms with Crippen molar-refractivity contribution in [3.63, 3.8) is 0 Å². The van der Waals surface area contributed by atoms with Gasteiger partial charge in [0.25, 0.3) is 0 Å². The summed E-state index contributed by atoms with van der Waals surface area (Å²) in [5, 5.41) is 19.4. The highest BCUT2D eigenvalue weighted by Gasteiger charge is 2.23. The quantitative estimate of drug-likeness (QED) is 0.733. The molecule has 17 heavy (non-hydrogen) atoms. The molecule has 0 saturated heterocycles. The average molecular weight is 238 g/mol. The summed E-state index contributed by atoms with van der Waals surface area (Å²) < 4.78 is 1.56. The van der Waals surface area contributed by atoms with Crippen LogP contribution in [-0.4, -0.2) is 38.7 Å². The number of carboxylic acid groups (broad SMARTS) is 1. The van der Waals surface area contributed by atoms with Crippen molar-refractivity contribution in [2.24, 2.45) is 5.92 Å². The molecule has 0 aliphatic heterocycles. The summed E-state index contributed by atoms with van der Waals surface area (Å²) in [6, 6.07) is 0.518. The van der Waals surface area contributed by atoms with Crippen LogP contribution in [0.15, 0.2) is 6.20 Å². The van der Waals surface area contributed by atoms with Crippen molar-refractivity contribution < 1.29 is 9.90 Å². The second kappa shape index (κ2) is 5.27. The minimum atomic E-state index is -1.04. The third kappa shape index (κ3) is 3.81. The SMILES string of the molecule is CC(CC1CC1)NCCn1cc(C(=O)O)nn1. The molecule has 2 rings (SSSR count). The van der Waals surface area contributed by atoms with Crippen molar-refractivity contribution >= 4 is 5.97 Å². The minimum absolute atomic E-state index is 0.00368. The zero-order chi connectivity index (χ0) is 12.3. The Balaban J connectivity index is 1.67. The van der Waals surface area contributed by atoms with Gasteiger partial charge in [0, 0.05) is 12.6 Å². The van der Waals surface area contributed by atoms with Gasteiger partial charge in [-0.2, -0.15) is 0 Å². The highest BCUT2D eigenvalue weighted by atomic mass is 16.4. The summed E-state index contributed by atoms with van der Waals surface area (Å²) in [7, 11) is 0. The van der Waals surface area contributed by atoms with Crippen molar-refractivity contribution in [3.05, 3.63) is 11.9 Å². The van der Waals surface area contributed by atoms with E-state index >= 15 is 0 Å². The predicted octanol–water partition coefficient (Wildman–Crippen LogP) is 0.754. The zero-order valence-electron chi connectivity index (χ0n) is 9.96. The van der Waals surface area contributed by atoms with Crippen molar-refractivity contribution in [1.82, 2.24) is 20.3 Å². The first-order valence-electron chi connectivity index (χ1n) is 6.02. The molecule has 0 amide bonds. The van der Waals surface area contributed by atoms with Gasteiger partial charge < -0.3 is 10.4 Å². The van der Waals surface area contributed by atoms with Crippen LogP contribution in [0.5, 0.6) is 0 Å². The number of nitrogens with one attached hydrogen (secondary N) is 1. The maximum Gasteiger partial charge on any atom is 0.358 e. The van der Waals surface area contributed by atoms with Gasteiger partial charge in [0.2, 0.25) is 0 Å². The van der Waals surface area contributed by atoms with Crippen molar-refractivity contribution in [3.8, 4) is 0 Å². The summed E-state index contributed by atoms with van der Waals surface area (Å²) in [4.78, 5) is 10.6. The van der Waals surface area contributed by atoms with E-state index in [0.717, 1.165) is 12.5 Å². The van der Waals surface area contributed by atoms with Crippen LogP contribution in [0.3, 0.4) is 0 Å². The Hall–Kier alpha value is -1.43. The van der Waals surface area contributed by atoms with E-state index in [0.29, 0.717) is 12.6 Å². The highest BCUT2D eigenvalue weighted by molar-refractivity contribution is 5.84. The minimum Gasteiger partial charge on any atom is -0.476 e. The first kappa shape index (κ1) is 12.0. The van der Waals surface area contributed by atoms with Gasteiger partial charge in [-0.3, -0.25) is 4.68 Å². The lowest BCUT2D eigenvalue weighted by Crippen LogP contribution is -2.29. The normalized spacial score (nSPS) is 17.0. The van der Waals surface area contributed by atoms with Crippen LogP contribution in [-0.2, 0) is 6.54 Å². The lowest BCUT2D eigenvalue weighted by atomic mass is 10.1. The topological polar surface area (TPSA) is 80.0 Å². The van der Waals surface area contributed by atoms with Gasteiger partial charge in [0.05, 0.1) is 12.7 Å². The van der Waals surface area contributed by atoms with E-state index < -0.39 is 5.97 Å². The fourth-order valence-corrected chi connectivity index (χ4v) is 1.87. The third-order valence-corrected chi connectivity index (χ3v) is 2.98. The second-order valence-corrected chi connectivity index (χ2v) is 4.71. The van der Waals surface area contributed by atoms with E-state index in [9.17, 15) is 4.79 Å². The number of carbonyl (C=O) groups is 1. The van der Waals surface area contributed by atoms with Gasteiger partial charge >= 0.3 is 5.97 Å². The number of aromatic nitrogens is 3. The number of hydrogen-bond donors (Lipinski definition) is 2. The molecule has 1 aromatic heterocycles. The standard InChI is InChI=1S/C11H18N4O2/c1-8(6-9-2-3-9)12-4-5-15-7-10(11(16)17)13-14-15/h7-9,12H,2-6H2,1H3,(H,16,17). The summed E-state index contributed by atoms with van der Waals surface area (Å²) in [5.41, 5.74) is -0.00368. The van der Waals surface area contributed by atoms with Crippen LogP contribution in [0.2, 0.25) is 0 Å². The van der Waals surface area contributed by atoms with Gasteiger partial charge in [-0.05, 0) is 19.3 Å². The molecule has 1 aliphatic carbocycles. The molecule has 1 heterocycles. The Kier molecular flexibility index (Phi) is 3.73. The van der Waals surface area contributed by atoms with Crippen LogP contribution >= 0.6 is 0 Å². The summed E-state index contributed by atoms with van der Waals surface area (Å²) in [6.07, 6.45) is 5.43. The number of carboxylic acids is 1. The lowest BCUT2D eigenvalue weighted by Gasteiger charge is -2.12. The molecule has 2 N–H and O–H groups in total. The Morgan fingerprint density at radius 1 is 1.71 bits per heavy atom.